The van der Waals surface area contributed by atoms with Gasteiger partial charge in [-0.1, -0.05) is 11.6 Å². The molecular weight excluding hydrogens is 332 g/mol. The number of carbonyl (C=O) groups excluding carboxylic acids is 1. The van der Waals surface area contributed by atoms with Crippen LogP contribution in [0.2, 0.25) is 5.15 Å². The minimum absolute atomic E-state index is 0.348. The number of pyridine rings is 2. The van der Waals surface area contributed by atoms with Crippen molar-refractivity contribution in [1.29, 1.82) is 0 Å². The molecule has 0 fully saturated rings. The summed E-state index contributed by atoms with van der Waals surface area (Å²) in [5.74, 6) is 0.600. The SMILES string of the molecule is COC(=O)n1ccc2ccc(Cl)nc21.On1cccc2ccnc1-2. The third-order valence-electron chi connectivity index (χ3n) is 3.30. The third-order valence-corrected chi connectivity index (χ3v) is 3.51. The lowest BCUT2D eigenvalue weighted by Gasteiger charge is -2.00. The molecule has 24 heavy (non-hydrogen) atoms. The van der Waals surface area contributed by atoms with Crippen molar-refractivity contribution in [3.05, 3.63) is 60.1 Å². The Morgan fingerprint density at radius 3 is 2.79 bits per heavy atom. The summed E-state index contributed by atoms with van der Waals surface area (Å²) in [6, 6.07) is 10.8. The first-order valence-electron chi connectivity index (χ1n) is 6.93. The maximum atomic E-state index is 11.3. The zero-order valence-electron chi connectivity index (χ0n) is 12.6. The van der Waals surface area contributed by atoms with Gasteiger partial charge in [0.25, 0.3) is 0 Å². The van der Waals surface area contributed by atoms with Crippen molar-refractivity contribution < 1.29 is 14.7 Å². The fourth-order valence-corrected chi connectivity index (χ4v) is 2.33. The van der Waals surface area contributed by atoms with E-state index in [1.165, 1.54) is 11.7 Å². The molecule has 122 valence electrons. The molecule has 7 nitrogen and oxygen atoms in total. The third kappa shape index (κ3) is 3.02. The lowest BCUT2D eigenvalue weighted by Crippen LogP contribution is -2.10. The van der Waals surface area contributed by atoms with E-state index in [9.17, 15) is 4.79 Å². The molecule has 8 heteroatoms. The first kappa shape index (κ1) is 15.8. The number of ether oxygens (including phenoxy) is 1. The van der Waals surface area contributed by atoms with Gasteiger partial charge in [-0.15, -0.1) is 0 Å². The highest BCUT2D eigenvalue weighted by Crippen LogP contribution is 2.17. The number of hydrogen-bond acceptors (Lipinski definition) is 5. The van der Waals surface area contributed by atoms with Gasteiger partial charge in [0.15, 0.2) is 11.5 Å². The first-order valence-corrected chi connectivity index (χ1v) is 7.31. The quantitative estimate of drug-likeness (QED) is 0.390. The maximum Gasteiger partial charge on any atom is 0.419 e. The van der Waals surface area contributed by atoms with Gasteiger partial charge < -0.3 is 9.94 Å². The number of halogens is 1. The van der Waals surface area contributed by atoms with Crippen LogP contribution in [0.25, 0.3) is 22.4 Å². The maximum absolute atomic E-state index is 11.3. The second kappa shape index (κ2) is 6.59. The van der Waals surface area contributed by atoms with Gasteiger partial charge >= 0.3 is 6.09 Å². The smallest absolute Gasteiger partial charge is 0.419 e. The van der Waals surface area contributed by atoms with E-state index in [1.54, 1.807) is 42.9 Å². The highest BCUT2D eigenvalue weighted by atomic mass is 35.5. The normalized spacial score (nSPS) is 10.4. The zero-order chi connectivity index (χ0) is 17.1. The molecule has 0 aromatic carbocycles. The summed E-state index contributed by atoms with van der Waals surface area (Å²) >= 11 is 5.72. The minimum atomic E-state index is -0.477. The average molecular weight is 345 g/mol. The molecule has 2 aromatic rings. The topological polar surface area (TPSA) is 82.2 Å². The Bertz CT molecular complexity index is 963. The second-order valence-corrected chi connectivity index (χ2v) is 5.17. The van der Waals surface area contributed by atoms with Crippen LogP contribution in [0.1, 0.15) is 0 Å². The predicted molar refractivity (Wildman–Crippen MR) is 88.6 cm³/mol. The summed E-state index contributed by atoms with van der Waals surface area (Å²) in [6.07, 6.45) is 4.33. The Morgan fingerprint density at radius 2 is 2.04 bits per heavy atom. The molecule has 1 N–H and O–H groups in total. The molecule has 0 saturated carbocycles. The number of carbonyl (C=O) groups is 1. The summed E-state index contributed by atoms with van der Waals surface area (Å²) in [7, 11) is 1.32. The standard InChI is InChI=1S/C9H7ClN2O2.C7H6N2O/c1-14-9(13)12-5-4-6-2-3-7(10)11-8(6)12;10-9-5-1-2-6-3-4-8-7(6)9/h2-5H,1H3;1-5,10H. The Balaban J connectivity index is 0.000000149. The van der Waals surface area contributed by atoms with E-state index in [4.69, 9.17) is 16.8 Å². The number of hydrogen-bond donors (Lipinski definition) is 1. The molecule has 2 aliphatic heterocycles. The molecule has 4 heterocycles. The molecule has 0 spiro atoms. The molecule has 0 atom stereocenters. The zero-order valence-corrected chi connectivity index (χ0v) is 13.4. The first-order chi connectivity index (χ1) is 11.6. The Kier molecular flexibility index (Phi) is 4.35. The largest absolute Gasteiger partial charge is 0.452 e. The number of fused-ring (bicyclic) bond motifs is 2. The molecule has 0 amide bonds. The van der Waals surface area contributed by atoms with E-state index in [1.807, 2.05) is 12.1 Å². The van der Waals surface area contributed by atoms with E-state index in [-0.39, 0.29) is 0 Å². The van der Waals surface area contributed by atoms with Gasteiger partial charge in [0.05, 0.1) is 7.11 Å². The molecule has 0 radical (unpaired) electrons. The van der Waals surface area contributed by atoms with Crippen molar-refractivity contribution in [2.24, 2.45) is 0 Å². The molecule has 0 aliphatic carbocycles. The summed E-state index contributed by atoms with van der Waals surface area (Å²) in [4.78, 5) is 19.2. The second-order valence-electron chi connectivity index (χ2n) is 4.78. The van der Waals surface area contributed by atoms with Gasteiger partial charge in [-0.05, 0) is 36.4 Å². The predicted octanol–water partition coefficient (Wildman–Crippen LogP) is 3.53. The van der Waals surface area contributed by atoms with Gasteiger partial charge in [0, 0.05) is 29.5 Å². The van der Waals surface area contributed by atoms with Crippen molar-refractivity contribution in [2.45, 2.75) is 0 Å². The van der Waals surface area contributed by atoms with E-state index < -0.39 is 6.09 Å². The van der Waals surface area contributed by atoms with Crippen LogP contribution in [-0.2, 0) is 4.74 Å². The molecule has 0 bridgehead atoms. The van der Waals surface area contributed by atoms with Crippen LogP contribution in [-0.4, -0.2) is 37.7 Å². The van der Waals surface area contributed by atoms with Crippen molar-refractivity contribution in [3.8, 4) is 11.4 Å². The lowest BCUT2D eigenvalue weighted by atomic mass is 10.3. The molecular formula is C16H13ClN4O3. The van der Waals surface area contributed by atoms with E-state index >= 15 is 0 Å². The van der Waals surface area contributed by atoms with Crippen LogP contribution in [0.15, 0.2) is 55.0 Å². The molecule has 2 aromatic heterocycles. The van der Waals surface area contributed by atoms with Gasteiger partial charge in [-0.3, -0.25) is 0 Å². The van der Waals surface area contributed by atoms with Crippen LogP contribution < -0.4 is 0 Å². The Morgan fingerprint density at radius 1 is 1.21 bits per heavy atom. The molecule has 0 saturated heterocycles. The average Bonchev–Trinajstić information content (AvgIpc) is 3.22. The van der Waals surface area contributed by atoms with E-state index in [0.717, 1.165) is 15.7 Å². The van der Waals surface area contributed by atoms with Crippen molar-refractivity contribution >= 4 is 28.7 Å². The fraction of sp³-hybridized carbons (Fsp3) is 0.0625. The van der Waals surface area contributed by atoms with Crippen LogP contribution in [0.4, 0.5) is 4.79 Å². The summed E-state index contributed by atoms with van der Waals surface area (Å²) < 4.78 is 6.90. The van der Waals surface area contributed by atoms with Gasteiger partial charge in [0.2, 0.25) is 0 Å². The number of methoxy groups -OCH3 is 1. The van der Waals surface area contributed by atoms with E-state index in [0.29, 0.717) is 16.6 Å². The summed E-state index contributed by atoms with van der Waals surface area (Å²) in [5.41, 5.74) is 1.45. The van der Waals surface area contributed by atoms with E-state index in [2.05, 4.69) is 14.7 Å². The molecule has 4 rings (SSSR count). The van der Waals surface area contributed by atoms with Crippen molar-refractivity contribution in [3.63, 3.8) is 0 Å². The molecule has 0 unspecified atom stereocenters. The van der Waals surface area contributed by atoms with Gasteiger partial charge in [0.1, 0.15) is 5.15 Å². The minimum Gasteiger partial charge on any atom is -0.452 e. The number of rotatable bonds is 0. The van der Waals surface area contributed by atoms with Crippen LogP contribution >= 0.6 is 11.6 Å². The highest BCUT2D eigenvalue weighted by molar-refractivity contribution is 6.29. The van der Waals surface area contributed by atoms with Crippen LogP contribution in [0.5, 0.6) is 0 Å². The van der Waals surface area contributed by atoms with Crippen molar-refractivity contribution in [1.82, 2.24) is 19.3 Å². The van der Waals surface area contributed by atoms with Gasteiger partial charge in [-0.25, -0.2) is 19.3 Å². The summed E-state index contributed by atoms with van der Waals surface area (Å²) in [5, 5.41) is 10.3. The van der Waals surface area contributed by atoms with Crippen molar-refractivity contribution in [2.75, 3.05) is 7.11 Å². The monoisotopic (exact) mass is 344 g/mol. The summed E-state index contributed by atoms with van der Waals surface area (Å²) in [6.45, 7) is 0. The Labute approximate surface area is 142 Å². The van der Waals surface area contributed by atoms with Gasteiger partial charge in [-0.2, -0.15) is 4.73 Å². The number of nitrogens with zero attached hydrogens (tertiary/aromatic N) is 4. The van der Waals surface area contributed by atoms with Crippen LogP contribution in [0, 0.1) is 0 Å². The van der Waals surface area contributed by atoms with Crippen LogP contribution in [0.3, 0.4) is 0 Å². The number of aromatic nitrogens is 4. The molecule has 2 aliphatic rings. The highest BCUT2D eigenvalue weighted by Gasteiger charge is 2.09. The lowest BCUT2D eigenvalue weighted by molar-refractivity contribution is 0.174. The fourth-order valence-electron chi connectivity index (χ4n) is 2.19. The Hall–Kier alpha value is -3.06.